The fourth-order valence-corrected chi connectivity index (χ4v) is 2.91. The fraction of sp³-hybridized carbons (Fsp3) is 0.222. The molecule has 1 heterocycles. The fourth-order valence-electron chi connectivity index (χ4n) is 2.91. The zero-order valence-corrected chi connectivity index (χ0v) is 13.7. The quantitative estimate of drug-likeness (QED) is 0.633. The van der Waals surface area contributed by atoms with Crippen molar-refractivity contribution in [3.63, 3.8) is 0 Å². The molecular formula is C18H16FN3O4. The number of amides is 2. The summed E-state index contributed by atoms with van der Waals surface area (Å²) in [4.78, 5) is 34.1. The number of anilines is 2. The standard InChI is InChI=1S/C18H16FN3O4/c19-14-7-6-13(10-16(14)22(25)26)20-17(23)8-5-12-9-11-3-1-2-4-15(11)21-18(12)24/h1-4,6-7,10,12H,5,8-9H2,(H,20,23)(H,21,24). The largest absolute Gasteiger partial charge is 0.326 e. The number of hydrogen-bond acceptors (Lipinski definition) is 4. The number of benzene rings is 2. The first kappa shape index (κ1) is 17.5. The second kappa shape index (κ2) is 7.30. The Morgan fingerprint density at radius 1 is 1.31 bits per heavy atom. The lowest BCUT2D eigenvalue weighted by Gasteiger charge is -2.24. The molecule has 1 unspecified atom stereocenters. The first-order valence-electron chi connectivity index (χ1n) is 8.06. The summed E-state index contributed by atoms with van der Waals surface area (Å²) < 4.78 is 13.3. The highest BCUT2D eigenvalue weighted by atomic mass is 19.1. The molecule has 0 saturated heterocycles. The van der Waals surface area contributed by atoms with Crippen LogP contribution in [0, 0.1) is 21.8 Å². The average molecular weight is 357 g/mol. The monoisotopic (exact) mass is 357 g/mol. The van der Waals surface area contributed by atoms with Gasteiger partial charge >= 0.3 is 5.69 Å². The van der Waals surface area contributed by atoms with E-state index < -0.39 is 22.3 Å². The van der Waals surface area contributed by atoms with Crippen LogP contribution in [0.3, 0.4) is 0 Å². The van der Waals surface area contributed by atoms with Gasteiger partial charge in [0.1, 0.15) is 0 Å². The first-order valence-corrected chi connectivity index (χ1v) is 8.06. The topological polar surface area (TPSA) is 101 Å². The molecule has 0 aromatic heterocycles. The zero-order chi connectivity index (χ0) is 18.7. The predicted octanol–water partition coefficient (Wildman–Crippen LogP) is 3.26. The Morgan fingerprint density at radius 2 is 2.08 bits per heavy atom. The van der Waals surface area contributed by atoms with Gasteiger partial charge in [-0.25, -0.2) is 0 Å². The number of para-hydroxylation sites is 1. The molecule has 1 aliphatic heterocycles. The Balaban J connectivity index is 1.59. The highest BCUT2D eigenvalue weighted by Crippen LogP contribution is 2.28. The molecule has 2 aromatic rings. The molecule has 2 aromatic carbocycles. The van der Waals surface area contributed by atoms with Gasteiger partial charge in [0, 0.05) is 29.8 Å². The van der Waals surface area contributed by atoms with Gasteiger partial charge in [0.05, 0.1) is 4.92 Å². The van der Waals surface area contributed by atoms with Gasteiger partial charge in [0.25, 0.3) is 0 Å². The van der Waals surface area contributed by atoms with Crippen LogP contribution in [0.2, 0.25) is 0 Å². The summed E-state index contributed by atoms with van der Waals surface area (Å²) in [7, 11) is 0. The zero-order valence-electron chi connectivity index (χ0n) is 13.7. The van der Waals surface area contributed by atoms with E-state index in [9.17, 15) is 24.1 Å². The number of carbonyl (C=O) groups is 2. The van der Waals surface area contributed by atoms with Crippen molar-refractivity contribution in [2.45, 2.75) is 19.3 Å². The number of nitro groups is 1. The minimum Gasteiger partial charge on any atom is -0.326 e. The van der Waals surface area contributed by atoms with Gasteiger partial charge < -0.3 is 10.6 Å². The van der Waals surface area contributed by atoms with Gasteiger partial charge in [-0.05, 0) is 36.6 Å². The molecule has 0 spiro atoms. The number of carbonyl (C=O) groups excluding carboxylic acids is 2. The Kier molecular flexibility index (Phi) is 4.92. The molecule has 7 nitrogen and oxygen atoms in total. The van der Waals surface area contributed by atoms with Gasteiger partial charge in [-0.3, -0.25) is 19.7 Å². The van der Waals surface area contributed by atoms with Crippen LogP contribution in [0.1, 0.15) is 18.4 Å². The van der Waals surface area contributed by atoms with Gasteiger partial charge in [0.15, 0.2) is 0 Å². The normalized spacial score (nSPS) is 15.7. The maximum absolute atomic E-state index is 13.3. The molecule has 0 fully saturated rings. The number of fused-ring (bicyclic) bond motifs is 1. The third-order valence-corrected chi connectivity index (χ3v) is 4.26. The van der Waals surface area contributed by atoms with E-state index in [0.29, 0.717) is 12.8 Å². The molecule has 134 valence electrons. The van der Waals surface area contributed by atoms with Crippen molar-refractivity contribution < 1.29 is 18.9 Å². The lowest BCUT2D eigenvalue weighted by molar-refractivity contribution is -0.387. The molecule has 0 bridgehead atoms. The van der Waals surface area contributed by atoms with Crippen molar-refractivity contribution >= 4 is 28.9 Å². The van der Waals surface area contributed by atoms with Gasteiger partial charge in [-0.15, -0.1) is 0 Å². The summed E-state index contributed by atoms with van der Waals surface area (Å²) in [6.07, 6.45) is 0.970. The molecule has 1 aliphatic rings. The summed E-state index contributed by atoms with van der Waals surface area (Å²) in [5.74, 6) is -1.81. The number of hydrogen-bond donors (Lipinski definition) is 2. The van der Waals surface area contributed by atoms with Crippen molar-refractivity contribution in [1.82, 2.24) is 0 Å². The Labute approximate surface area is 148 Å². The summed E-state index contributed by atoms with van der Waals surface area (Å²) in [6, 6.07) is 10.6. The van der Waals surface area contributed by atoms with Crippen LogP contribution in [0.5, 0.6) is 0 Å². The van der Waals surface area contributed by atoms with Crippen molar-refractivity contribution in [3.05, 3.63) is 64.0 Å². The molecule has 8 heteroatoms. The number of nitrogens with zero attached hydrogens (tertiary/aromatic N) is 1. The Bertz CT molecular complexity index is 884. The maximum Gasteiger partial charge on any atom is 0.306 e. The molecule has 0 saturated carbocycles. The van der Waals surface area contributed by atoms with E-state index >= 15 is 0 Å². The minimum absolute atomic E-state index is 0.0748. The predicted molar refractivity (Wildman–Crippen MR) is 93.2 cm³/mol. The SMILES string of the molecule is O=C(CCC1Cc2ccccc2NC1=O)Nc1ccc(F)c([N+](=O)[O-])c1. The van der Waals surface area contributed by atoms with E-state index in [1.807, 2.05) is 24.3 Å². The van der Waals surface area contributed by atoms with Crippen LogP contribution in [-0.2, 0) is 16.0 Å². The first-order chi connectivity index (χ1) is 12.4. The second-order valence-electron chi connectivity index (χ2n) is 6.06. The molecule has 3 rings (SSSR count). The summed E-state index contributed by atoms with van der Waals surface area (Å²) in [5.41, 5.74) is 1.25. The van der Waals surface area contributed by atoms with E-state index in [-0.39, 0.29) is 23.9 Å². The van der Waals surface area contributed by atoms with E-state index in [1.165, 1.54) is 6.07 Å². The van der Waals surface area contributed by atoms with Crippen LogP contribution < -0.4 is 10.6 Å². The molecule has 2 N–H and O–H groups in total. The number of nitrogens with one attached hydrogen (secondary N) is 2. The van der Waals surface area contributed by atoms with E-state index in [2.05, 4.69) is 10.6 Å². The lowest BCUT2D eigenvalue weighted by atomic mass is 9.89. The highest BCUT2D eigenvalue weighted by molar-refractivity contribution is 5.96. The molecule has 26 heavy (non-hydrogen) atoms. The summed E-state index contributed by atoms with van der Waals surface area (Å²) in [5, 5.41) is 16.1. The van der Waals surface area contributed by atoms with Crippen molar-refractivity contribution in [1.29, 1.82) is 0 Å². The van der Waals surface area contributed by atoms with Crippen LogP contribution in [0.25, 0.3) is 0 Å². The number of nitro benzene ring substituents is 1. The smallest absolute Gasteiger partial charge is 0.306 e. The van der Waals surface area contributed by atoms with E-state index in [4.69, 9.17) is 0 Å². The Hall–Kier alpha value is -3.29. The third kappa shape index (κ3) is 3.85. The lowest BCUT2D eigenvalue weighted by Crippen LogP contribution is -2.30. The average Bonchev–Trinajstić information content (AvgIpc) is 2.61. The molecule has 2 amide bonds. The van der Waals surface area contributed by atoms with Crippen molar-refractivity contribution in [3.8, 4) is 0 Å². The minimum atomic E-state index is -0.967. The molecule has 1 atom stereocenters. The number of halogens is 1. The van der Waals surface area contributed by atoms with Crippen LogP contribution in [0.15, 0.2) is 42.5 Å². The van der Waals surface area contributed by atoms with Crippen LogP contribution in [-0.4, -0.2) is 16.7 Å². The molecule has 0 radical (unpaired) electrons. The van der Waals surface area contributed by atoms with E-state index in [0.717, 1.165) is 23.4 Å². The van der Waals surface area contributed by atoms with Crippen molar-refractivity contribution in [2.24, 2.45) is 5.92 Å². The maximum atomic E-state index is 13.3. The Morgan fingerprint density at radius 3 is 2.85 bits per heavy atom. The van der Waals surface area contributed by atoms with Gasteiger partial charge in [-0.1, -0.05) is 18.2 Å². The van der Waals surface area contributed by atoms with E-state index in [1.54, 1.807) is 0 Å². The summed E-state index contributed by atoms with van der Waals surface area (Å²) >= 11 is 0. The number of rotatable bonds is 5. The van der Waals surface area contributed by atoms with Gasteiger partial charge in [-0.2, -0.15) is 4.39 Å². The second-order valence-corrected chi connectivity index (χ2v) is 6.06. The van der Waals surface area contributed by atoms with Gasteiger partial charge in [0.2, 0.25) is 17.6 Å². The van der Waals surface area contributed by atoms with Crippen molar-refractivity contribution in [2.75, 3.05) is 10.6 Å². The van der Waals surface area contributed by atoms with Crippen LogP contribution in [0.4, 0.5) is 21.5 Å². The molecule has 0 aliphatic carbocycles. The highest BCUT2D eigenvalue weighted by Gasteiger charge is 2.26. The summed E-state index contributed by atoms with van der Waals surface area (Å²) in [6.45, 7) is 0. The third-order valence-electron chi connectivity index (χ3n) is 4.26. The van der Waals surface area contributed by atoms with Crippen LogP contribution >= 0.6 is 0 Å². The molecular weight excluding hydrogens is 341 g/mol.